The molecule has 1 atom stereocenters. The van der Waals surface area contributed by atoms with Gasteiger partial charge >= 0.3 is 0 Å². The number of nitrogens with one attached hydrogen (secondary N) is 1. The summed E-state index contributed by atoms with van der Waals surface area (Å²) in [6.07, 6.45) is 2.40. The quantitative estimate of drug-likeness (QED) is 0.716. The van der Waals surface area contributed by atoms with Gasteiger partial charge in [0.05, 0.1) is 11.8 Å². The number of furan rings is 1. The van der Waals surface area contributed by atoms with Gasteiger partial charge < -0.3 is 21.2 Å². The van der Waals surface area contributed by atoms with Crippen LogP contribution in [0.4, 0.5) is 11.4 Å². The lowest BCUT2D eigenvalue weighted by molar-refractivity contribution is 0.100. The molecule has 0 saturated carbocycles. The number of carbonyl (C=O) groups is 1. The van der Waals surface area contributed by atoms with Gasteiger partial charge in [-0.3, -0.25) is 4.79 Å². The molecule has 1 aromatic heterocycles. The average Bonchev–Trinajstić information content (AvgIpc) is 2.84. The minimum Gasteiger partial charge on any atom is -0.469 e. The first-order valence-electron chi connectivity index (χ1n) is 6.04. The molecule has 2 rings (SSSR count). The Morgan fingerprint density at radius 1 is 1.42 bits per heavy atom. The summed E-state index contributed by atoms with van der Waals surface area (Å²) in [5, 5.41) is 3.28. The second-order valence-electron chi connectivity index (χ2n) is 4.50. The van der Waals surface area contributed by atoms with E-state index < -0.39 is 5.91 Å². The number of benzene rings is 1. The third kappa shape index (κ3) is 3.28. The summed E-state index contributed by atoms with van der Waals surface area (Å²) >= 11 is 0. The number of amides is 1. The summed E-state index contributed by atoms with van der Waals surface area (Å²) in [6.45, 7) is 2.03. The fourth-order valence-corrected chi connectivity index (χ4v) is 1.93. The first-order chi connectivity index (χ1) is 9.06. The summed E-state index contributed by atoms with van der Waals surface area (Å²) in [5.41, 5.74) is 12.5. The van der Waals surface area contributed by atoms with Crippen molar-refractivity contribution in [2.45, 2.75) is 19.4 Å². The fourth-order valence-electron chi connectivity index (χ4n) is 1.93. The molecule has 1 unspecified atom stereocenters. The first kappa shape index (κ1) is 13.0. The van der Waals surface area contributed by atoms with Crippen LogP contribution in [0.3, 0.4) is 0 Å². The smallest absolute Gasteiger partial charge is 0.250 e. The van der Waals surface area contributed by atoms with Crippen molar-refractivity contribution in [1.29, 1.82) is 0 Å². The Bertz CT molecular complexity index is 564. The zero-order valence-electron chi connectivity index (χ0n) is 10.7. The van der Waals surface area contributed by atoms with Crippen LogP contribution in [0.1, 0.15) is 23.0 Å². The molecule has 1 heterocycles. The number of nitrogens with two attached hydrogens (primary N) is 2. The van der Waals surface area contributed by atoms with Crippen LogP contribution < -0.4 is 16.8 Å². The van der Waals surface area contributed by atoms with E-state index in [1.165, 1.54) is 0 Å². The Hall–Kier alpha value is -2.43. The number of carbonyl (C=O) groups excluding carboxylic acids is 1. The summed E-state index contributed by atoms with van der Waals surface area (Å²) < 4.78 is 5.29. The highest BCUT2D eigenvalue weighted by atomic mass is 16.3. The zero-order valence-corrected chi connectivity index (χ0v) is 10.7. The monoisotopic (exact) mass is 259 g/mol. The van der Waals surface area contributed by atoms with Crippen molar-refractivity contribution >= 4 is 17.3 Å². The number of hydrogen-bond donors (Lipinski definition) is 3. The van der Waals surface area contributed by atoms with Gasteiger partial charge in [-0.2, -0.15) is 0 Å². The van der Waals surface area contributed by atoms with E-state index in [9.17, 15) is 4.79 Å². The molecule has 0 saturated heterocycles. The van der Waals surface area contributed by atoms with E-state index in [2.05, 4.69) is 5.32 Å². The van der Waals surface area contributed by atoms with Crippen molar-refractivity contribution in [3.05, 3.63) is 47.9 Å². The van der Waals surface area contributed by atoms with Gasteiger partial charge in [-0.15, -0.1) is 0 Å². The Morgan fingerprint density at radius 2 is 2.21 bits per heavy atom. The average molecular weight is 259 g/mol. The van der Waals surface area contributed by atoms with Gasteiger partial charge in [0.2, 0.25) is 0 Å². The number of anilines is 2. The first-order valence-corrected chi connectivity index (χ1v) is 6.04. The largest absolute Gasteiger partial charge is 0.469 e. The van der Waals surface area contributed by atoms with Crippen molar-refractivity contribution in [1.82, 2.24) is 0 Å². The molecule has 5 heteroatoms. The van der Waals surface area contributed by atoms with E-state index in [1.54, 1.807) is 18.4 Å². The molecular weight excluding hydrogens is 242 g/mol. The maximum absolute atomic E-state index is 11.2. The van der Waals surface area contributed by atoms with Crippen molar-refractivity contribution in [2.24, 2.45) is 5.73 Å². The van der Waals surface area contributed by atoms with E-state index in [4.69, 9.17) is 15.9 Å². The molecule has 0 radical (unpaired) electrons. The van der Waals surface area contributed by atoms with Crippen LogP contribution in [0.25, 0.3) is 0 Å². The highest BCUT2D eigenvalue weighted by Crippen LogP contribution is 2.18. The van der Waals surface area contributed by atoms with Crippen LogP contribution in [-0.4, -0.2) is 11.9 Å². The van der Waals surface area contributed by atoms with Crippen LogP contribution in [0.2, 0.25) is 0 Å². The molecule has 0 aliphatic carbocycles. The summed E-state index contributed by atoms with van der Waals surface area (Å²) in [4.78, 5) is 11.2. The SMILES string of the molecule is CC(Cc1ccco1)Nc1ccc(N)c(C(N)=O)c1. The van der Waals surface area contributed by atoms with E-state index in [0.29, 0.717) is 11.3 Å². The van der Waals surface area contributed by atoms with Gasteiger partial charge in [-0.25, -0.2) is 0 Å². The number of rotatable bonds is 5. The second-order valence-corrected chi connectivity index (χ2v) is 4.50. The van der Waals surface area contributed by atoms with Gasteiger partial charge in [-0.1, -0.05) is 0 Å². The third-order valence-corrected chi connectivity index (χ3v) is 2.82. The van der Waals surface area contributed by atoms with Gasteiger partial charge in [0.25, 0.3) is 5.91 Å². The molecule has 5 N–H and O–H groups in total. The molecule has 100 valence electrons. The number of nitrogen functional groups attached to an aromatic ring is 1. The standard InChI is InChI=1S/C14H17N3O2/c1-9(7-11-3-2-6-19-11)17-10-4-5-13(15)12(8-10)14(16)18/h2-6,8-9,17H,7,15H2,1H3,(H2,16,18). The highest BCUT2D eigenvalue weighted by molar-refractivity contribution is 5.98. The molecular formula is C14H17N3O2. The highest BCUT2D eigenvalue weighted by Gasteiger charge is 2.09. The van der Waals surface area contributed by atoms with Crippen LogP contribution in [0.15, 0.2) is 41.0 Å². The Balaban J connectivity index is 2.06. The number of hydrogen-bond acceptors (Lipinski definition) is 4. The topological polar surface area (TPSA) is 94.3 Å². The van der Waals surface area contributed by atoms with E-state index in [1.807, 2.05) is 25.1 Å². The molecule has 5 nitrogen and oxygen atoms in total. The predicted octanol–water partition coefficient (Wildman–Crippen LogP) is 2.00. The molecule has 0 aliphatic rings. The molecule has 0 fully saturated rings. The third-order valence-electron chi connectivity index (χ3n) is 2.82. The summed E-state index contributed by atoms with van der Waals surface area (Å²) in [7, 11) is 0. The van der Waals surface area contributed by atoms with Crippen molar-refractivity contribution in [2.75, 3.05) is 11.1 Å². The van der Waals surface area contributed by atoms with E-state index in [-0.39, 0.29) is 6.04 Å². The molecule has 1 amide bonds. The Labute approximate surface area is 111 Å². The lowest BCUT2D eigenvalue weighted by Crippen LogP contribution is -2.19. The van der Waals surface area contributed by atoms with Crippen LogP contribution >= 0.6 is 0 Å². The molecule has 0 spiro atoms. The predicted molar refractivity (Wildman–Crippen MR) is 74.9 cm³/mol. The minimum atomic E-state index is -0.528. The van der Waals surface area contributed by atoms with Crippen molar-refractivity contribution in [3.8, 4) is 0 Å². The zero-order chi connectivity index (χ0) is 13.8. The lowest BCUT2D eigenvalue weighted by atomic mass is 10.1. The maximum atomic E-state index is 11.2. The Kier molecular flexibility index (Phi) is 3.75. The van der Waals surface area contributed by atoms with Crippen LogP contribution in [0.5, 0.6) is 0 Å². The van der Waals surface area contributed by atoms with Gasteiger partial charge in [0.1, 0.15) is 5.76 Å². The summed E-state index contributed by atoms with van der Waals surface area (Å²) in [6, 6.07) is 9.10. The summed E-state index contributed by atoms with van der Waals surface area (Å²) in [5.74, 6) is 0.380. The van der Waals surface area contributed by atoms with Crippen LogP contribution in [0, 0.1) is 0 Å². The van der Waals surface area contributed by atoms with E-state index >= 15 is 0 Å². The molecule has 0 aliphatic heterocycles. The van der Waals surface area contributed by atoms with Gasteiger partial charge in [0, 0.05) is 23.8 Å². The second kappa shape index (κ2) is 5.48. The molecule has 2 aromatic rings. The molecule has 1 aromatic carbocycles. The van der Waals surface area contributed by atoms with Crippen molar-refractivity contribution in [3.63, 3.8) is 0 Å². The Morgan fingerprint density at radius 3 is 2.84 bits per heavy atom. The fraction of sp³-hybridized carbons (Fsp3) is 0.214. The van der Waals surface area contributed by atoms with Crippen LogP contribution in [-0.2, 0) is 6.42 Å². The minimum absolute atomic E-state index is 0.163. The van der Waals surface area contributed by atoms with Crippen molar-refractivity contribution < 1.29 is 9.21 Å². The van der Waals surface area contributed by atoms with Gasteiger partial charge in [0.15, 0.2) is 0 Å². The van der Waals surface area contributed by atoms with E-state index in [0.717, 1.165) is 17.9 Å². The van der Waals surface area contributed by atoms with Gasteiger partial charge in [-0.05, 0) is 37.3 Å². The molecule has 19 heavy (non-hydrogen) atoms. The normalized spacial score (nSPS) is 12.1. The lowest BCUT2D eigenvalue weighted by Gasteiger charge is -2.15. The number of primary amides is 1. The maximum Gasteiger partial charge on any atom is 0.250 e. The molecule has 0 bridgehead atoms.